The number of para-hydroxylation sites is 1. The van der Waals surface area contributed by atoms with Gasteiger partial charge in [-0.3, -0.25) is 0 Å². The van der Waals surface area contributed by atoms with Crippen LogP contribution >= 0.6 is 0 Å². The number of nitrogens with zero attached hydrogens (tertiary/aromatic N) is 1. The van der Waals surface area contributed by atoms with Crippen molar-refractivity contribution in [1.29, 1.82) is 0 Å². The zero-order valence-corrected chi connectivity index (χ0v) is 27.4. The standard InChI is InChI=1S/C48H27NO2/c1-2-10-32(11-3-1)49(34-20-21-36-31(27-34)17-16-28-8-4-5-13-35(28)36)33-12-6-9-30(26-33)37-22-25-42-48-44(37)38-14-7-15-39-45(38)46-40(50-39)23-18-29-19-24-41(51-42)47(48)43(29)46/h1-27H. The second-order valence-electron chi connectivity index (χ2n) is 13.6. The van der Waals surface area contributed by atoms with E-state index >= 15 is 0 Å². The monoisotopic (exact) mass is 649 g/mol. The lowest BCUT2D eigenvalue weighted by Crippen LogP contribution is -2.10. The van der Waals surface area contributed by atoms with Gasteiger partial charge in [0.1, 0.15) is 22.3 Å². The lowest BCUT2D eigenvalue weighted by atomic mass is 9.90. The molecule has 9 aromatic carbocycles. The fraction of sp³-hybridized carbons (Fsp3) is 0. The minimum Gasteiger partial charge on any atom is -0.456 e. The molecule has 2 aromatic heterocycles. The molecule has 0 radical (unpaired) electrons. The van der Waals surface area contributed by atoms with Gasteiger partial charge in [-0.25, -0.2) is 0 Å². The highest BCUT2D eigenvalue weighted by Gasteiger charge is 2.27. The minimum atomic E-state index is 0.901. The summed E-state index contributed by atoms with van der Waals surface area (Å²) in [4.78, 5) is 2.36. The van der Waals surface area contributed by atoms with Crippen molar-refractivity contribution in [3.8, 4) is 22.3 Å². The molecule has 0 saturated carbocycles. The minimum absolute atomic E-state index is 0.901. The molecule has 236 valence electrons. The average Bonchev–Trinajstić information content (AvgIpc) is 3.73. The van der Waals surface area contributed by atoms with Crippen molar-refractivity contribution >= 4 is 93.3 Å². The smallest absolute Gasteiger partial charge is 0.136 e. The van der Waals surface area contributed by atoms with E-state index in [-0.39, 0.29) is 0 Å². The predicted molar refractivity (Wildman–Crippen MR) is 213 cm³/mol. The Hall–Kier alpha value is -6.84. The van der Waals surface area contributed by atoms with Crippen molar-refractivity contribution in [3.05, 3.63) is 164 Å². The van der Waals surface area contributed by atoms with Gasteiger partial charge in [0.05, 0.1) is 0 Å². The number of furan rings is 2. The van der Waals surface area contributed by atoms with Crippen LogP contribution in [0.25, 0.3) is 98.4 Å². The van der Waals surface area contributed by atoms with Crippen LogP contribution in [0.1, 0.15) is 0 Å². The molecule has 11 aromatic rings. The van der Waals surface area contributed by atoms with Crippen LogP contribution in [0, 0.1) is 0 Å². The van der Waals surface area contributed by atoms with Crippen LogP contribution in [0.4, 0.5) is 17.1 Å². The molecule has 0 unspecified atom stereocenters. The fourth-order valence-corrected chi connectivity index (χ4v) is 8.78. The van der Waals surface area contributed by atoms with Crippen molar-refractivity contribution in [2.24, 2.45) is 0 Å². The molecule has 0 fully saturated rings. The maximum atomic E-state index is 6.58. The normalized spacial score (nSPS) is 12.3. The molecular formula is C48H27NO2. The van der Waals surface area contributed by atoms with Gasteiger partial charge in [0.2, 0.25) is 0 Å². The molecule has 0 amide bonds. The van der Waals surface area contributed by atoms with Crippen molar-refractivity contribution in [1.82, 2.24) is 0 Å². The molecular weight excluding hydrogens is 623 g/mol. The molecule has 3 heteroatoms. The maximum absolute atomic E-state index is 6.58. The largest absolute Gasteiger partial charge is 0.456 e. The van der Waals surface area contributed by atoms with E-state index in [2.05, 4.69) is 169 Å². The summed E-state index contributed by atoms with van der Waals surface area (Å²) in [6.07, 6.45) is 0. The summed E-state index contributed by atoms with van der Waals surface area (Å²) in [6, 6.07) is 58.9. The molecule has 0 aliphatic heterocycles. The summed E-state index contributed by atoms with van der Waals surface area (Å²) in [6.45, 7) is 0. The Morgan fingerprint density at radius 2 is 0.980 bits per heavy atom. The SMILES string of the molecule is c1ccc(N(c2cccc(-c3ccc4oc5ccc6ccc7oc8cccc9c8c7c6c5c4c3-9)c2)c2ccc3c(ccc4ccccc43)c2)cc1. The Labute approximate surface area is 292 Å². The average molecular weight is 650 g/mol. The first-order valence-electron chi connectivity index (χ1n) is 17.4. The number of fused-ring (bicyclic) bond motifs is 4. The Bertz CT molecular complexity index is 3250. The Morgan fingerprint density at radius 3 is 1.86 bits per heavy atom. The van der Waals surface area contributed by atoms with Gasteiger partial charge in [-0.15, -0.1) is 0 Å². The highest BCUT2D eigenvalue weighted by atomic mass is 16.3. The topological polar surface area (TPSA) is 29.5 Å². The molecule has 1 aliphatic rings. The van der Waals surface area contributed by atoms with Crippen LogP contribution in [0.2, 0.25) is 0 Å². The second-order valence-corrected chi connectivity index (χ2v) is 13.6. The zero-order chi connectivity index (χ0) is 33.2. The van der Waals surface area contributed by atoms with Crippen LogP contribution < -0.4 is 4.90 Å². The Morgan fingerprint density at radius 1 is 0.333 bits per heavy atom. The number of hydrogen-bond acceptors (Lipinski definition) is 3. The molecule has 0 bridgehead atoms. The van der Waals surface area contributed by atoms with Gasteiger partial charge < -0.3 is 13.7 Å². The summed E-state index contributed by atoms with van der Waals surface area (Å²) in [5.41, 5.74) is 11.6. The van der Waals surface area contributed by atoms with Gasteiger partial charge in [0.25, 0.3) is 0 Å². The Balaban J connectivity index is 1.12. The highest BCUT2D eigenvalue weighted by molar-refractivity contribution is 6.37. The van der Waals surface area contributed by atoms with Gasteiger partial charge in [0.15, 0.2) is 0 Å². The second kappa shape index (κ2) is 9.87. The molecule has 0 saturated heterocycles. The summed E-state index contributed by atoms with van der Waals surface area (Å²) >= 11 is 0. The lowest BCUT2D eigenvalue weighted by Gasteiger charge is -2.26. The first kappa shape index (κ1) is 27.0. The first-order valence-corrected chi connectivity index (χ1v) is 17.4. The van der Waals surface area contributed by atoms with E-state index in [1.165, 1.54) is 54.2 Å². The summed E-state index contributed by atoms with van der Waals surface area (Å²) in [5.74, 6) is 0. The van der Waals surface area contributed by atoms with Gasteiger partial charge >= 0.3 is 0 Å². The van der Waals surface area contributed by atoms with Gasteiger partial charge in [-0.2, -0.15) is 0 Å². The molecule has 1 aliphatic carbocycles. The predicted octanol–water partition coefficient (Wildman–Crippen LogP) is 14.1. The number of hydrogen-bond donors (Lipinski definition) is 0. The van der Waals surface area contributed by atoms with Gasteiger partial charge in [-0.1, -0.05) is 103 Å². The van der Waals surface area contributed by atoms with Crippen molar-refractivity contribution < 1.29 is 8.83 Å². The van der Waals surface area contributed by atoms with E-state index in [1.54, 1.807) is 0 Å². The van der Waals surface area contributed by atoms with Gasteiger partial charge in [-0.05, 0) is 104 Å². The van der Waals surface area contributed by atoms with Crippen LogP contribution in [-0.2, 0) is 0 Å². The van der Waals surface area contributed by atoms with Crippen LogP contribution in [0.3, 0.4) is 0 Å². The first-order chi connectivity index (χ1) is 25.3. The molecule has 12 rings (SSSR count). The van der Waals surface area contributed by atoms with E-state index in [0.29, 0.717) is 0 Å². The number of rotatable bonds is 4. The van der Waals surface area contributed by atoms with E-state index in [9.17, 15) is 0 Å². The maximum Gasteiger partial charge on any atom is 0.136 e. The molecule has 51 heavy (non-hydrogen) atoms. The number of benzene rings is 9. The third-order valence-corrected chi connectivity index (χ3v) is 10.9. The lowest BCUT2D eigenvalue weighted by molar-refractivity contribution is 0.669. The molecule has 0 N–H and O–H groups in total. The highest BCUT2D eigenvalue weighted by Crippen LogP contribution is 2.53. The third-order valence-electron chi connectivity index (χ3n) is 10.9. The van der Waals surface area contributed by atoms with Crippen LogP contribution in [0.15, 0.2) is 173 Å². The van der Waals surface area contributed by atoms with Crippen LogP contribution in [-0.4, -0.2) is 0 Å². The molecule has 0 spiro atoms. The zero-order valence-electron chi connectivity index (χ0n) is 27.4. The third kappa shape index (κ3) is 3.67. The Kier molecular flexibility index (Phi) is 5.23. The van der Waals surface area contributed by atoms with Gasteiger partial charge in [0, 0.05) is 49.6 Å². The van der Waals surface area contributed by atoms with E-state index in [0.717, 1.165) is 61.3 Å². The van der Waals surface area contributed by atoms with Crippen LogP contribution in [0.5, 0.6) is 0 Å². The van der Waals surface area contributed by atoms with Crippen molar-refractivity contribution in [3.63, 3.8) is 0 Å². The van der Waals surface area contributed by atoms with E-state index in [4.69, 9.17) is 8.83 Å². The molecule has 0 atom stereocenters. The quantitative estimate of drug-likeness (QED) is 0.178. The van der Waals surface area contributed by atoms with Crippen molar-refractivity contribution in [2.45, 2.75) is 0 Å². The molecule has 3 nitrogen and oxygen atoms in total. The summed E-state index contributed by atoms with van der Waals surface area (Å²) in [7, 11) is 0. The summed E-state index contributed by atoms with van der Waals surface area (Å²) < 4.78 is 13.1. The van der Waals surface area contributed by atoms with Crippen molar-refractivity contribution in [2.75, 3.05) is 4.90 Å². The summed E-state index contributed by atoms with van der Waals surface area (Å²) in [5, 5.41) is 12.1. The van der Waals surface area contributed by atoms with E-state index in [1.807, 2.05) is 0 Å². The molecule has 2 heterocycles. The fourth-order valence-electron chi connectivity index (χ4n) is 8.78. The van der Waals surface area contributed by atoms with E-state index < -0.39 is 0 Å². The number of anilines is 3.